The van der Waals surface area contributed by atoms with Gasteiger partial charge in [0.15, 0.2) is 0 Å². The van der Waals surface area contributed by atoms with Gasteiger partial charge in [0.05, 0.1) is 19.2 Å². The largest absolute Gasteiger partial charge is 0.465 e. The van der Waals surface area contributed by atoms with Gasteiger partial charge in [-0.3, -0.25) is 0 Å². The molecule has 2 aromatic rings. The van der Waals surface area contributed by atoms with Crippen molar-refractivity contribution in [2.45, 2.75) is 19.9 Å². The zero-order valence-electron chi connectivity index (χ0n) is 12.2. The van der Waals surface area contributed by atoms with Crippen molar-refractivity contribution in [2.75, 3.05) is 13.7 Å². The van der Waals surface area contributed by atoms with E-state index in [4.69, 9.17) is 4.42 Å². The molecule has 0 spiro atoms. The molecule has 0 amide bonds. The highest BCUT2D eigenvalue weighted by atomic mass is 35.5. The van der Waals surface area contributed by atoms with Crippen molar-refractivity contribution in [3.05, 3.63) is 47.7 Å². The number of esters is 1. The molecule has 1 N–H and O–H groups in total. The lowest BCUT2D eigenvalue weighted by molar-refractivity contribution is 0.0601. The minimum atomic E-state index is -0.333. The Morgan fingerprint density at radius 1 is 1.19 bits per heavy atom. The molecule has 0 radical (unpaired) electrons. The summed E-state index contributed by atoms with van der Waals surface area (Å²) in [6.45, 7) is 3.83. The van der Waals surface area contributed by atoms with E-state index in [1.165, 1.54) is 7.11 Å². The first-order valence-corrected chi connectivity index (χ1v) is 6.72. The van der Waals surface area contributed by atoms with Gasteiger partial charge in [0.1, 0.15) is 11.5 Å². The van der Waals surface area contributed by atoms with Crippen LogP contribution in [0.1, 0.15) is 29.5 Å². The van der Waals surface area contributed by atoms with Crippen LogP contribution in [0.15, 0.2) is 40.8 Å². The molecule has 0 bridgehead atoms. The van der Waals surface area contributed by atoms with E-state index < -0.39 is 0 Å². The van der Waals surface area contributed by atoms with Crippen LogP contribution in [0, 0.1) is 0 Å². The summed E-state index contributed by atoms with van der Waals surface area (Å²) >= 11 is 0. The van der Waals surface area contributed by atoms with Gasteiger partial charge in [-0.1, -0.05) is 19.1 Å². The first-order chi connectivity index (χ1) is 9.74. The molecule has 21 heavy (non-hydrogen) atoms. The Bertz CT molecular complexity index is 563. The summed E-state index contributed by atoms with van der Waals surface area (Å²) in [5, 5.41) is 3.29. The van der Waals surface area contributed by atoms with Crippen LogP contribution in [0.25, 0.3) is 11.3 Å². The van der Waals surface area contributed by atoms with Gasteiger partial charge < -0.3 is 14.5 Å². The summed E-state index contributed by atoms with van der Waals surface area (Å²) in [6, 6.07) is 11.1. The average Bonchev–Trinajstić information content (AvgIpc) is 2.96. The second-order valence-electron chi connectivity index (χ2n) is 4.51. The Morgan fingerprint density at radius 2 is 1.90 bits per heavy atom. The monoisotopic (exact) mass is 309 g/mol. The van der Waals surface area contributed by atoms with E-state index in [0.29, 0.717) is 5.56 Å². The first kappa shape index (κ1) is 17.3. The summed E-state index contributed by atoms with van der Waals surface area (Å²) in [4.78, 5) is 11.4. The summed E-state index contributed by atoms with van der Waals surface area (Å²) in [5.41, 5.74) is 1.48. The van der Waals surface area contributed by atoms with Crippen molar-refractivity contribution in [2.24, 2.45) is 0 Å². The van der Waals surface area contributed by atoms with Crippen LogP contribution < -0.4 is 5.32 Å². The predicted octanol–water partition coefficient (Wildman–Crippen LogP) is 3.65. The molecule has 0 atom stereocenters. The number of benzene rings is 1. The Balaban J connectivity index is 0.00000220. The molecule has 4 nitrogen and oxygen atoms in total. The van der Waals surface area contributed by atoms with Crippen molar-refractivity contribution >= 4 is 18.4 Å². The van der Waals surface area contributed by atoms with E-state index in [9.17, 15) is 4.79 Å². The van der Waals surface area contributed by atoms with Crippen molar-refractivity contribution in [1.29, 1.82) is 0 Å². The maximum absolute atomic E-state index is 11.4. The van der Waals surface area contributed by atoms with Crippen LogP contribution in [-0.4, -0.2) is 19.6 Å². The highest BCUT2D eigenvalue weighted by molar-refractivity contribution is 5.89. The van der Waals surface area contributed by atoms with Crippen LogP contribution >= 0.6 is 12.4 Å². The lowest BCUT2D eigenvalue weighted by Gasteiger charge is -2.01. The molecule has 1 aromatic carbocycles. The summed E-state index contributed by atoms with van der Waals surface area (Å²) in [6.07, 6.45) is 1.10. The molecule has 0 aliphatic carbocycles. The van der Waals surface area contributed by atoms with E-state index >= 15 is 0 Å². The number of hydrogen-bond donors (Lipinski definition) is 1. The first-order valence-electron chi connectivity index (χ1n) is 6.72. The Hall–Kier alpha value is -1.78. The van der Waals surface area contributed by atoms with Gasteiger partial charge in [-0.05, 0) is 37.2 Å². The van der Waals surface area contributed by atoms with Crippen LogP contribution in [0.4, 0.5) is 0 Å². The normalized spacial score (nSPS) is 10.0. The third-order valence-electron chi connectivity index (χ3n) is 2.98. The van der Waals surface area contributed by atoms with E-state index in [0.717, 1.165) is 36.6 Å². The van der Waals surface area contributed by atoms with Crippen molar-refractivity contribution in [1.82, 2.24) is 5.32 Å². The molecule has 1 heterocycles. The molecule has 0 aliphatic heterocycles. The van der Waals surface area contributed by atoms with Crippen molar-refractivity contribution in [3.63, 3.8) is 0 Å². The van der Waals surface area contributed by atoms with Gasteiger partial charge in [-0.2, -0.15) is 0 Å². The SMILES string of the molecule is CCCNCc1ccc(-c2ccc(C(=O)OC)cc2)o1.Cl. The molecule has 0 fully saturated rings. The van der Waals surface area contributed by atoms with Gasteiger partial charge in [-0.15, -0.1) is 12.4 Å². The fraction of sp³-hybridized carbons (Fsp3) is 0.312. The van der Waals surface area contributed by atoms with Crippen molar-refractivity contribution in [3.8, 4) is 11.3 Å². The molecule has 0 saturated heterocycles. The number of ether oxygens (including phenoxy) is 1. The second kappa shape index (κ2) is 8.49. The Labute approximate surface area is 130 Å². The number of rotatable bonds is 6. The lowest BCUT2D eigenvalue weighted by Crippen LogP contribution is -2.12. The number of methoxy groups -OCH3 is 1. The number of carbonyl (C=O) groups is 1. The Morgan fingerprint density at radius 3 is 2.52 bits per heavy atom. The highest BCUT2D eigenvalue weighted by Gasteiger charge is 2.08. The zero-order valence-corrected chi connectivity index (χ0v) is 13.0. The van der Waals surface area contributed by atoms with E-state index in [1.807, 2.05) is 24.3 Å². The van der Waals surface area contributed by atoms with Crippen LogP contribution in [0.3, 0.4) is 0 Å². The van der Waals surface area contributed by atoms with Gasteiger partial charge in [0.25, 0.3) is 0 Å². The standard InChI is InChI=1S/C16H19NO3.ClH/c1-3-10-17-11-14-8-9-15(20-14)12-4-6-13(7-5-12)16(18)19-2;/h4-9,17H,3,10-11H2,1-2H3;1H. The quantitative estimate of drug-likeness (QED) is 0.653. The van der Waals surface area contributed by atoms with E-state index in [-0.39, 0.29) is 18.4 Å². The molecule has 2 rings (SSSR count). The third-order valence-corrected chi connectivity index (χ3v) is 2.98. The maximum atomic E-state index is 11.4. The van der Waals surface area contributed by atoms with E-state index in [1.54, 1.807) is 12.1 Å². The molecule has 0 saturated carbocycles. The maximum Gasteiger partial charge on any atom is 0.337 e. The fourth-order valence-electron chi connectivity index (χ4n) is 1.90. The number of halogens is 1. The van der Waals surface area contributed by atoms with Gasteiger partial charge in [0.2, 0.25) is 0 Å². The molecule has 0 aliphatic rings. The molecule has 5 heteroatoms. The lowest BCUT2D eigenvalue weighted by atomic mass is 10.1. The number of nitrogens with one attached hydrogen (secondary N) is 1. The summed E-state index contributed by atoms with van der Waals surface area (Å²) in [5.74, 6) is 1.38. The predicted molar refractivity (Wildman–Crippen MR) is 84.7 cm³/mol. The summed E-state index contributed by atoms with van der Waals surface area (Å²) < 4.78 is 10.4. The molecule has 114 valence electrons. The van der Waals surface area contributed by atoms with E-state index in [2.05, 4.69) is 17.0 Å². The van der Waals surface area contributed by atoms with Gasteiger partial charge in [0, 0.05) is 5.56 Å². The highest BCUT2D eigenvalue weighted by Crippen LogP contribution is 2.22. The number of hydrogen-bond acceptors (Lipinski definition) is 4. The molecular weight excluding hydrogens is 290 g/mol. The van der Waals surface area contributed by atoms with Gasteiger partial charge >= 0.3 is 5.97 Å². The van der Waals surface area contributed by atoms with Crippen molar-refractivity contribution < 1.29 is 13.9 Å². The summed E-state index contributed by atoms with van der Waals surface area (Å²) in [7, 11) is 1.37. The van der Waals surface area contributed by atoms with Crippen LogP contribution in [0.2, 0.25) is 0 Å². The number of furan rings is 1. The molecule has 1 aromatic heterocycles. The molecular formula is C16H20ClNO3. The smallest absolute Gasteiger partial charge is 0.337 e. The average molecular weight is 310 g/mol. The van der Waals surface area contributed by atoms with Crippen LogP contribution in [-0.2, 0) is 11.3 Å². The Kier molecular flexibility index (Phi) is 6.99. The minimum Gasteiger partial charge on any atom is -0.465 e. The molecule has 0 unspecified atom stereocenters. The topological polar surface area (TPSA) is 51.5 Å². The zero-order chi connectivity index (χ0) is 14.4. The second-order valence-corrected chi connectivity index (χ2v) is 4.51. The van der Waals surface area contributed by atoms with Crippen LogP contribution in [0.5, 0.6) is 0 Å². The number of carbonyl (C=O) groups excluding carboxylic acids is 1. The fourth-order valence-corrected chi connectivity index (χ4v) is 1.90. The third kappa shape index (κ3) is 4.62. The van der Waals surface area contributed by atoms with Gasteiger partial charge in [-0.25, -0.2) is 4.79 Å². The minimum absolute atomic E-state index is 0.